The monoisotopic (exact) mass is 1020 g/mol. The van der Waals surface area contributed by atoms with Crippen molar-refractivity contribution in [2.24, 2.45) is 0 Å². The van der Waals surface area contributed by atoms with E-state index in [-0.39, 0.29) is 5.41 Å². The van der Waals surface area contributed by atoms with Crippen LogP contribution in [0, 0.1) is 0 Å². The predicted octanol–water partition coefficient (Wildman–Crippen LogP) is 21.0. The van der Waals surface area contributed by atoms with Crippen molar-refractivity contribution in [3.63, 3.8) is 0 Å². The molecule has 1 aromatic heterocycles. The number of fused-ring (bicyclic) bond motifs is 9. The number of nitrogens with zero attached hydrogens (tertiary/aromatic N) is 2. The van der Waals surface area contributed by atoms with Gasteiger partial charge in [0.25, 0.3) is 0 Å². The smallest absolute Gasteiger partial charge is 0.0541 e. The zero-order valence-electron chi connectivity index (χ0n) is 45.0. The average molecular weight is 1020 g/mol. The van der Waals surface area contributed by atoms with Gasteiger partial charge < -0.3 is 9.47 Å². The Kier molecular flexibility index (Phi) is 11.5. The van der Waals surface area contributed by atoms with Crippen LogP contribution in [0.1, 0.15) is 54.0 Å². The second-order valence-electron chi connectivity index (χ2n) is 22.4. The summed E-state index contributed by atoms with van der Waals surface area (Å²) in [7, 11) is 0. The number of para-hydroxylation sites is 2. The lowest BCUT2D eigenvalue weighted by Crippen LogP contribution is -2.16. The second-order valence-corrected chi connectivity index (χ2v) is 22.4. The van der Waals surface area contributed by atoms with Gasteiger partial charge in [0.15, 0.2) is 0 Å². The van der Waals surface area contributed by atoms with E-state index in [1.165, 1.54) is 116 Å². The molecular formula is C78H58N2. The molecule has 2 aliphatic carbocycles. The molecule has 0 saturated carbocycles. The molecule has 0 saturated heterocycles. The Labute approximate surface area is 469 Å². The first-order valence-corrected chi connectivity index (χ1v) is 28.2. The zero-order valence-corrected chi connectivity index (χ0v) is 45.0. The standard InChI is InChI=1S/C78H58N2/c1-78(2)74-20-10-7-17-70(74)71-50-48-64(51-75(71)78)79(62-44-38-59(39-45-62)56-32-34-57(35-33-56)60-40-46-63(47-41-60)80-76-21-11-8-18-72(76)73-19-9-12-22-77(73)80)61-42-36-58(37-43-61)55-30-28-54(29-31-55)53-26-23-52(24-27-53)25-49-69-67-15-5-3-13-65(67)66-14-4-6-16-68(66)69/h3-24,26-48,50-51,69H,25,49H2,1-2H3. The Morgan fingerprint density at radius 3 is 1.21 bits per heavy atom. The van der Waals surface area contributed by atoms with E-state index in [2.05, 4.69) is 308 Å². The topological polar surface area (TPSA) is 8.17 Å². The van der Waals surface area contributed by atoms with Crippen LogP contribution in [-0.4, -0.2) is 4.57 Å². The average Bonchev–Trinajstić information content (AvgIpc) is 4.19. The normalized spacial score (nSPS) is 13.0. The van der Waals surface area contributed by atoms with Crippen molar-refractivity contribution < 1.29 is 0 Å². The fourth-order valence-electron chi connectivity index (χ4n) is 13.3. The fraction of sp³-hybridized carbons (Fsp3) is 0.0769. The molecule has 15 rings (SSSR count). The number of aromatic nitrogens is 1. The number of aryl methyl sites for hydroxylation is 1. The van der Waals surface area contributed by atoms with E-state index >= 15 is 0 Å². The molecule has 80 heavy (non-hydrogen) atoms. The summed E-state index contributed by atoms with van der Waals surface area (Å²) in [5.74, 6) is 0.440. The minimum absolute atomic E-state index is 0.119. The van der Waals surface area contributed by atoms with Crippen LogP contribution in [-0.2, 0) is 11.8 Å². The molecule has 13 aromatic rings. The highest BCUT2D eigenvalue weighted by atomic mass is 15.1. The van der Waals surface area contributed by atoms with Crippen LogP contribution < -0.4 is 4.90 Å². The van der Waals surface area contributed by atoms with Gasteiger partial charge in [0.1, 0.15) is 0 Å². The van der Waals surface area contributed by atoms with Gasteiger partial charge in [-0.25, -0.2) is 0 Å². The molecule has 0 spiro atoms. The van der Waals surface area contributed by atoms with Crippen LogP contribution in [0.3, 0.4) is 0 Å². The molecule has 2 nitrogen and oxygen atoms in total. The molecule has 380 valence electrons. The van der Waals surface area contributed by atoms with Gasteiger partial charge in [-0.3, -0.25) is 0 Å². The molecule has 0 fully saturated rings. The molecule has 0 N–H and O–H groups in total. The van der Waals surface area contributed by atoms with Gasteiger partial charge in [-0.05, 0) is 168 Å². The lowest BCUT2D eigenvalue weighted by molar-refractivity contribution is 0.660. The molecule has 0 atom stereocenters. The highest BCUT2D eigenvalue weighted by Gasteiger charge is 2.36. The van der Waals surface area contributed by atoms with Crippen molar-refractivity contribution in [1.29, 1.82) is 0 Å². The molecule has 0 unspecified atom stereocenters. The summed E-state index contributed by atoms with van der Waals surface area (Å²) in [6, 6.07) is 106. The van der Waals surface area contributed by atoms with Crippen molar-refractivity contribution in [1.82, 2.24) is 4.57 Å². The molecule has 0 aliphatic heterocycles. The van der Waals surface area contributed by atoms with Crippen molar-refractivity contribution in [3.05, 3.63) is 313 Å². The molecule has 1 heterocycles. The summed E-state index contributed by atoms with van der Waals surface area (Å²) in [6.45, 7) is 4.72. The Balaban J connectivity index is 0.678. The maximum Gasteiger partial charge on any atom is 0.0541 e. The highest BCUT2D eigenvalue weighted by molar-refractivity contribution is 6.09. The molecule has 2 aliphatic rings. The summed E-state index contributed by atoms with van der Waals surface area (Å²) >= 11 is 0. The van der Waals surface area contributed by atoms with Gasteiger partial charge in [-0.15, -0.1) is 0 Å². The van der Waals surface area contributed by atoms with Gasteiger partial charge in [0.2, 0.25) is 0 Å². The van der Waals surface area contributed by atoms with Crippen LogP contribution in [0.2, 0.25) is 0 Å². The first kappa shape index (κ1) is 47.5. The number of benzene rings is 12. The van der Waals surface area contributed by atoms with E-state index in [1.54, 1.807) is 0 Å². The second kappa shape index (κ2) is 19.3. The summed E-state index contributed by atoms with van der Waals surface area (Å²) < 4.78 is 2.37. The molecule has 0 bridgehead atoms. The summed E-state index contributed by atoms with van der Waals surface area (Å²) in [4.78, 5) is 2.41. The molecule has 2 heteroatoms. The van der Waals surface area contributed by atoms with E-state index in [0.717, 1.165) is 35.6 Å². The SMILES string of the molecule is CC1(C)c2ccccc2-c2ccc(N(c3ccc(-c4ccc(-c5ccc(CCC6c7ccccc7-c7ccccc76)cc5)cc4)cc3)c3ccc(-c4ccc(-c5ccc(-n6c7ccccc7c7ccccc76)cc5)cc4)cc3)cc21. The minimum atomic E-state index is -0.119. The molecule has 0 radical (unpaired) electrons. The quantitative estimate of drug-likeness (QED) is 0.125. The first-order chi connectivity index (χ1) is 39.4. The largest absolute Gasteiger partial charge is 0.310 e. The van der Waals surface area contributed by atoms with Crippen molar-refractivity contribution in [3.8, 4) is 72.4 Å². The van der Waals surface area contributed by atoms with Crippen molar-refractivity contribution >= 4 is 38.9 Å². The number of hydrogen-bond acceptors (Lipinski definition) is 1. The third kappa shape index (κ3) is 8.09. The van der Waals surface area contributed by atoms with E-state index in [9.17, 15) is 0 Å². The van der Waals surface area contributed by atoms with Gasteiger partial charge in [-0.1, -0.05) is 238 Å². The summed E-state index contributed by atoms with van der Waals surface area (Å²) in [5.41, 5.74) is 28.9. The number of rotatable bonds is 11. The van der Waals surface area contributed by atoms with E-state index in [1.807, 2.05) is 0 Å². The third-order valence-corrected chi connectivity index (χ3v) is 17.5. The van der Waals surface area contributed by atoms with Crippen molar-refractivity contribution in [2.45, 2.75) is 38.0 Å². The van der Waals surface area contributed by atoms with E-state index in [4.69, 9.17) is 0 Å². The lowest BCUT2D eigenvalue weighted by atomic mass is 9.82. The Morgan fingerprint density at radius 2 is 0.713 bits per heavy atom. The number of hydrogen-bond donors (Lipinski definition) is 0. The zero-order chi connectivity index (χ0) is 53.3. The van der Waals surface area contributed by atoms with Gasteiger partial charge >= 0.3 is 0 Å². The van der Waals surface area contributed by atoms with Crippen molar-refractivity contribution in [2.75, 3.05) is 4.90 Å². The molecular weight excluding hydrogens is 965 g/mol. The Bertz CT molecular complexity index is 4350. The fourth-order valence-corrected chi connectivity index (χ4v) is 13.3. The maximum absolute atomic E-state index is 2.42. The Hall–Kier alpha value is -9.76. The minimum Gasteiger partial charge on any atom is -0.310 e. The Morgan fingerprint density at radius 1 is 0.338 bits per heavy atom. The lowest BCUT2D eigenvalue weighted by Gasteiger charge is -2.28. The van der Waals surface area contributed by atoms with Gasteiger partial charge in [0, 0.05) is 44.9 Å². The van der Waals surface area contributed by atoms with Crippen LogP contribution in [0.15, 0.2) is 285 Å². The van der Waals surface area contributed by atoms with E-state index in [0.29, 0.717) is 5.92 Å². The predicted molar refractivity (Wildman–Crippen MR) is 337 cm³/mol. The highest BCUT2D eigenvalue weighted by Crippen LogP contribution is 2.51. The molecule has 0 amide bonds. The first-order valence-electron chi connectivity index (χ1n) is 28.2. The maximum atomic E-state index is 2.42. The van der Waals surface area contributed by atoms with Gasteiger partial charge in [0.05, 0.1) is 11.0 Å². The van der Waals surface area contributed by atoms with Gasteiger partial charge in [-0.2, -0.15) is 0 Å². The van der Waals surface area contributed by atoms with E-state index < -0.39 is 0 Å². The number of anilines is 3. The van der Waals surface area contributed by atoms with Crippen LogP contribution >= 0.6 is 0 Å². The third-order valence-electron chi connectivity index (χ3n) is 17.5. The van der Waals surface area contributed by atoms with Crippen LogP contribution in [0.25, 0.3) is 94.3 Å². The van der Waals surface area contributed by atoms with Crippen LogP contribution in [0.4, 0.5) is 17.1 Å². The summed E-state index contributed by atoms with van der Waals surface area (Å²) in [6.07, 6.45) is 2.15. The van der Waals surface area contributed by atoms with Crippen LogP contribution in [0.5, 0.6) is 0 Å². The molecule has 12 aromatic carbocycles. The summed E-state index contributed by atoms with van der Waals surface area (Å²) in [5, 5.41) is 2.55.